The molecule has 1 fully saturated rings. The molecule has 3 N–H and O–H groups in total. The zero-order valence-corrected chi connectivity index (χ0v) is 23.9. The third-order valence-electron chi connectivity index (χ3n) is 4.99. The minimum Gasteiger partial charge on any atom is -0.386 e. The molecule has 1 aromatic heterocycles. The van der Waals surface area contributed by atoms with E-state index >= 15 is 0 Å². The molecule has 0 unspecified atom stereocenters. The number of hydrogen-bond acceptors (Lipinski definition) is 5. The number of carbonyl (C=O) groups is 2. The van der Waals surface area contributed by atoms with Crippen molar-refractivity contribution in [3.05, 3.63) is 54.9 Å². The van der Waals surface area contributed by atoms with Crippen LogP contribution in [-0.4, -0.2) is 40.3 Å². The van der Waals surface area contributed by atoms with Gasteiger partial charge in [-0.05, 0) is 36.3 Å². The Morgan fingerprint density at radius 2 is 1.88 bits per heavy atom. The van der Waals surface area contributed by atoms with Crippen molar-refractivity contribution in [1.29, 1.82) is 0 Å². The van der Waals surface area contributed by atoms with Crippen LogP contribution in [0.4, 0.5) is 0 Å². The standard InChI is InChI=1S/C22H29N3O2S.C3H7N.Y/c1-15-20(28-14-24-15)17-9-7-16(8-10-17)13-23-21(27)18-6-5-11-25(18)19(26)12-22(2,3)4;1-3(2)4;/h7-10,14,18H,5-6,11-13H2,1-4H3,(H,23,27);3H,1-2,4H2;/q;-2;/t18-;;/m0../s1. The third kappa shape index (κ3) is 9.93. The molecule has 0 aliphatic carbocycles. The van der Waals surface area contributed by atoms with Gasteiger partial charge >= 0.3 is 0 Å². The Balaban J connectivity index is 0.00000101. The first-order chi connectivity index (χ1) is 15.0. The van der Waals surface area contributed by atoms with E-state index in [0.29, 0.717) is 19.5 Å². The first-order valence-corrected chi connectivity index (χ1v) is 11.8. The molecule has 2 heterocycles. The molecule has 1 radical (unpaired) electrons. The van der Waals surface area contributed by atoms with Gasteiger partial charge in [0.15, 0.2) is 0 Å². The number of nitrogens with one attached hydrogen (secondary N) is 1. The summed E-state index contributed by atoms with van der Waals surface area (Å²) < 4.78 is 0. The van der Waals surface area contributed by atoms with Gasteiger partial charge in [-0.25, -0.2) is 4.98 Å². The predicted octanol–water partition coefficient (Wildman–Crippen LogP) is 4.14. The summed E-state index contributed by atoms with van der Waals surface area (Å²) in [6.45, 7) is 15.9. The van der Waals surface area contributed by atoms with Crippen LogP contribution in [0.5, 0.6) is 0 Å². The second-order valence-corrected chi connectivity index (χ2v) is 10.3. The summed E-state index contributed by atoms with van der Waals surface area (Å²) in [5.74, 6) is 0.0246. The molecule has 6 nitrogen and oxygen atoms in total. The molecule has 0 saturated carbocycles. The Morgan fingerprint density at radius 3 is 2.39 bits per heavy atom. The number of nitrogens with two attached hydrogens (primary N) is 1. The van der Waals surface area contributed by atoms with Crippen molar-refractivity contribution in [1.82, 2.24) is 15.2 Å². The summed E-state index contributed by atoms with van der Waals surface area (Å²) in [5.41, 5.74) is 9.90. The van der Waals surface area contributed by atoms with E-state index in [1.807, 2.05) is 45.3 Å². The minimum atomic E-state index is -0.339. The number of nitrogens with zero attached hydrogens (tertiary/aromatic N) is 2. The second-order valence-electron chi connectivity index (χ2n) is 9.42. The summed E-state index contributed by atoms with van der Waals surface area (Å²) in [6.07, 6.45) is 2.09. The van der Waals surface area contributed by atoms with E-state index in [-0.39, 0.29) is 62.0 Å². The summed E-state index contributed by atoms with van der Waals surface area (Å²) >= 11 is 1.63. The molecule has 1 aliphatic heterocycles. The molecular weight excluding hydrogens is 509 g/mol. The fourth-order valence-electron chi connectivity index (χ4n) is 3.55. The van der Waals surface area contributed by atoms with Crippen molar-refractivity contribution in [2.45, 2.75) is 65.6 Å². The van der Waals surface area contributed by atoms with Gasteiger partial charge < -0.3 is 29.8 Å². The van der Waals surface area contributed by atoms with Gasteiger partial charge in [0.25, 0.3) is 0 Å². The zero-order chi connectivity index (χ0) is 23.9. The second kappa shape index (κ2) is 13.7. The Morgan fingerprint density at radius 1 is 1.27 bits per heavy atom. The van der Waals surface area contributed by atoms with Crippen molar-refractivity contribution >= 4 is 23.2 Å². The van der Waals surface area contributed by atoms with Crippen molar-refractivity contribution in [2.24, 2.45) is 11.1 Å². The largest absolute Gasteiger partial charge is 0.386 e. The maximum atomic E-state index is 12.7. The summed E-state index contributed by atoms with van der Waals surface area (Å²) in [6, 6.07) is 7.69. The first-order valence-electron chi connectivity index (χ1n) is 11.0. The maximum Gasteiger partial charge on any atom is 0.243 e. The molecule has 179 valence electrons. The number of hydrogen-bond donors (Lipinski definition) is 2. The topological polar surface area (TPSA) is 88.3 Å². The smallest absolute Gasteiger partial charge is 0.243 e. The number of aromatic nitrogens is 1. The van der Waals surface area contributed by atoms with Crippen LogP contribution in [0.1, 0.15) is 51.3 Å². The number of rotatable bonds is 5. The molecule has 1 aliphatic rings. The molecule has 1 aromatic carbocycles. The Kier molecular flexibility index (Phi) is 12.4. The predicted molar refractivity (Wildman–Crippen MR) is 132 cm³/mol. The van der Waals surface area contributed by atoms with E-state index in [9.17, 15) is 9.59 Å². The number of thiazole rings is 1. The average molecular weight is 546 g/mol. The molecule has 1 saturated heterocycles. The number of carbonyl (C=O) groups excluding carboxylic acids is 2. The van der Waals surface area contributed by atoms with Crippen LogP contribution in [0.15, 0.2) is 29.8 Å². The summed E-state index contributed by atoms with van der Waals surface area (Å²) in [7, 11) is 0. The van der Waals surface area contributed by atoms with E-state index in [0.717, 1.165) is 29.7 Å². The first kappa shape index (κ1) is 29.9. The monoisotopic (exact) mass is 545 g/mol. The molecule has 33 heavy (non-hydrogen) atoms. The van der Waals surface area contributed by atoms with Crippen molar-refractivity contribution in [3.8, 4) is 10.4 Å². The number of likely N-dealkylation sites (tertiary alicyclic amines) is 1. The summed E-state index contributed by atoms with van der Waals surface area (Å²) in [5, 5.41) is 3.01. The summed E-state index contributed by atoms with van der Waals surface area (Å²) in [4.78, 5) is 32.5. The molecule has 2 aromatic rings. The van der Waals surface area contributed by atoms with E-state index in [1.54, 1.807) is 16.2 Å². The maximum absolute atomic E-state index is 12.7. The molecule has 0 spiro atoms. The fraction of sp³-hybridized carbons (Fsp3) is 0.480. The van der Waals surface area contributed by atoms with Gasteiger partial charge in [0.1, 0.15) is 6.04 Å². The normalized spacial score (nSPS) is 15.5. The Bertz CT molecular complexity index is 888. The van der Waals surface area contributed by atoms with Gasteiger partial charge in [-0.1, -0.05) is 45.0 Å². The van der Waals surface area contributed by atoms with Gasteiger partial charge in [0.2, 0.25) is 11.8 Å². The van der Waals surface area contributed by atoms with Gasteiger partial charge in [-0.15, -0.1) is 11.3 Å². The van der Waals surface area contributed by atoms with Crippen molar-refractivity contribution < 1.29 is 42.3 Å². The molecule has 1 atom stereocenters. The molecule has 3 rings (SSSR count). The van der Waals surface area contributed by atoms with Crippen LogP contribution >= 0.6 is 11.3 Å². The molecule has 0 bridgehead atoms. The van der Waals surface area contributed by atoms with Crippen molar-refractivity contribution in [2.75, 3.05) is 6.54 Å². The molecule has 8 heteroatoms. The van der Waals surface area contributed by atoms with Gasteiger partial charge in [0, 0.05) is 52.2 Å². The zero-order valence-electron chi connectivity index (χ0n) is 20.3. The molecular formula is C25H36N4O2SY-2. The molecule has 2 amide bonds. The minimum absolute atomic E-state index is 0. The van der Waals surface area contributed by atoms with Gasteiger partial charge in [0.05, 0.1) is 16.1 Å². The average Bonchev–Trinajstić information content (AvgIpc) is 3.34. The Labute approximate surface area is 228 Å². The van der Waals surface area contributed by atoms with Crippen LogP contribution in [-0.2, 0) is 48.8 Å². The SMILES string of the molecule is Cc1ncsc1-c1ccc(CNC(=O)[C@@H]2CCCN2C(=O)CC(C)(C)C)cc1.[CH2-]C([CH2-])N.[Y]. The van der Waals surface area contributed by atoms with E-state index in [2.05, 4.69) is 36.3 Å². The quantitative estimate of drug-likeness (QED) is 0.553. The van der Waals surface area contributed by atoms with Crippen LogP contribution < -0.4 is 11.1 Å². The number of benzene rings is 1. The van der Waals surface area contributed by atoms with Gasteiger partial charge in [-0.2, -0.15) is 0 Å². The van der Waals surface area contributed by atoms with Crippen LogP contribution in [0.3, 0.4) is 0 Å². The Hall–Kier alpha value is -1.15. The van der Waals surface area contributed by atoms with Crippen LogP contribution in [0.2, 0.25) is 0 Å². The van der Waals surface area contributed by atoms with Crippen LogP contribution in [0.25, 0.3) is 10.4 Å². The fourth-order valence-corrected chi connectivity index (χ4v) is 4.36. The van der Waals surface area contributed by atoms with E-state index in [1.165, 1.54) is 4.88 Å². The van der Waals surface area contributed by atoms with Gasteiger partial charge in [-0.3, -0.25) is 15.6 Å². The van der Waals surface area contributed by atoms with E-state index in [4.69, 9.17) is 5.73 Å². The number of amides is 2. The number of aryl methyl sites for hydroxylation is 1. The van der Waals surface area contributed by atoms with Crippen LogP contribution in [0, 0.1) is 26.2 Å². The third-order valence-corrected chi connectivity index (χ3v) is 5.96. The van der Waals surface area contributed by atoms with Crippen molar-refractivity contribution in [3.63, 3.8) is 0 Å². The van der Waals surface area contributed by atoms with E-state index < -0.39 is 0 Å².